The highest BCUT2D eigenvalue weighted by atomic mass is 16.5. The van der Waals surface area contributed by atoms with Crippen molar-refractivity contribution in [3.63, 3.8) is 0 Å². The van der Waals surface area contributed by atoms with Crippen molar-refractivity contribution in [2.45, 2.75) is 32.8 Å². The Bertz CT molecular complexity index is 343. The van der Waals surface area contributed by atoms with Crippen molar-refractivity contribution in [2.24, 2.45) is 5.92 Å². The van der Waals surface area contributed by atoms with Crippen LogP contribution in [0.3, 0.4) is 0 Å². The lowest BCUT2D eigenvalue weighted by Gasteiger charge is -2.17. The van der Waals surface area contributed by atoms with Crippen molar-refractivity contribution in [2.75, 3.05) is 18.5 Å². The Morgan fingerprint density at radius 2 is 2.44 bits per heavy atom. The molecule has 2 atom stereocenters. The van der Waals surface area contributed by atoms with Gasteiger partial charge in [-0.3, -0.25) is 0 Å². The third kappa shape index (κ3) is 2.70. The Hall–Kier alpha value is -1.16. The van der Waals surface area contributed by atoms with Crippen LogP contribution in [0.15, 0.2) is 12.3 Å². The van der Waals surface area contributed by atoms with E-state index >= 15 is 0 Å². The molecule has 4 nitrogen and oxygen atoms in total. The van der Waals surface area contributed by atoms with Gasteiger partial charge in [0.25, 0.3) is 0 Å². The molecule has 0 saturated carbocycles. The molecule has 1 fully saturated rings. The summed E-state index contributed by atoms with van der Waals surface area (Å²) in [6, 6.07) is 1.91. The lowest BCUT2D eigenvalue weighted by Crippen LogP contribution is -2.23. The zero-order valence-electron chi connectivity index (χ0n) is 9.94. The molecule has 1 saturated heterocycles. The van der Waals surface area contributed by atoms with Crippen LogP contribution < -0.4 is 5.32 Å². The molecule has 0 aliphatic carbocycles. The fourth-order valence-corrected chi connectivity index (χ4v) is 2.17. The summed E-state index contributed by atoms with van der Waals surface area (Å²) in [6.07, 6.45) is 4.44. The van der Waals surface area contributed by atoms with Gasteiger partial charge < -0.3 is 10.1 Å². The van der Waals surface area contributed by atoms with Gasteiger partial charge in [-0.25, -0.2) is 9.97 Å². The molecule has 0 radical (unpaired) electrons. The van der Waals surface area contributed by atoms with Crippen molar-refractivity contribution in [1.82, 2.24) is 9.97 Å². The molecule has 0 spiro atoms. The number of rotatable bonds is 4. The normalized spacial score (nSPS) is 24.6. The summed E-state index contributed by atoms with van der Waals surface area (Å²) >= 11 is 0. The highest BCUT2D eigenvalue weighted by molar-refractivity contribution is 5.32. The highest BCUT2D eigenvalue weighted by Gasteiger charge is 2.26. The van der Waals surface area contributed by atoms with E-state index in [0.717, 1.165) is 37.6 Å². The van der Waals surface area contributed by atoms with Crippen LogP contribution in [0, 0.1) is 12.8 Å². The predicted molar refractivity (Wildman–Crippen MR) is 63.4 cm³/mol. The fraction of sp³-hybridized carbons (Fsp3) is 0.667. The van der Waals surface area contributed by atoms with Crippen LogP contribution in [0.2, 0.25) is 0 Å². The monoisotopic (exact) mass is 221 g/mol. The van der Waals surface area contributed by atoms with Crippen molar-refractivity contribution in [1.29, 1.82) is 0 Å². The lowest BCUT2D eigenvalue weighted by atomic mass is 10.00. The minimum Gasteiger partial charge on any atom is -0.378 e. The average molecular weight is 221 g/mol. The molecule has 4 heteroatoms. The van der Waals surface area contributed by atoms with Crippen molar-refractivity contribution < 1.29 is 4.74 Å². The van der Waals surface area contributed by atoms with E-state index in [2.05, 4.69) is 22.2 Å². The van der Waals surface area contributed by atoms with Gasteiger partial charge in [-0.05, 0) is 25.8 Å². The molecule has 1 aliphatic rings. The minimum absolute atomic E-state index is 0.412. The maximum atomic E-state index is 5.65. The van der Waals surface area contributed by atoms with Crippen molar-refractivity contribution in [3.8, 4) is 0 Å². The van der Waals surface area contributed by atoms with Crippen LogP contribution in [0.4, 0.5) is 5.82 Å². The molecule has 1 N–H and O–H groups in total. The van der Waals surface area contributed by atoms with E-state index in [4.69, 9.17) is 4.74 Å². The first kappa shape index (κ1) is 11.3. The lowest BCUT2D eigenvalue weighted by molar-refractivity contribution is 0.0900. The number of aromatic nitrogens is 2. The smallest absolute Gasteiger partial charge is 0.129 e. The first-order valence-electron chi connectivity index (χ1n) is 5.94. The largest absolute Gasteiger partial charge is 0.378 e. The zero-order valence-corrected chi connectivity index (χ0v) is 9.94. The number of hydrogen-bond donors (Lipinski definition) is 1. The minimum atomic E-state index is 0.412. The summed E-state index contributed by atoms with van der Waals surface area (Å²) in [4.78, 5) is 8.40. The summed E-state index contributed by atoms with van der Waals surface area (Å²) < 4.78 is 5.65. The Morgan fingerprint density at radius 3 is 3.19 bits per heavy atom. The number of hydrogen-bond acceptors (Lipinski definition) is 4. The molecule has 1 aromatic rings. The second-order valence-electron chi connectivity index (χ2n) is 4.24. The van der Waals surface area contributed by atoms with Crippen molar-refractivity contribution >= 4 is 5.82 Å². The van der Waals surface area contributed by atoms with Crippen LogP contribution in [-0.4, -0.2) is 29.2 Å². The quantitative estimate of drug-likeness (QED) is 0.845. The molecule has 2 heterocycles. The molecule has 0 bridgehead atoms. The molecule has 2 unspecified atom stereocenters. The van der Waals surface area contributed by atoms with Gasteiger partial charge in [0.15, 0.2) is 0 Å². The Morgan fingerprint density at radius 1 is 1.56 bits per heavy atom. The summed E-state index contributed by atoms with van der Waals surface area (Å²) in [5, 5.41) is 3.36. The molecular formula is C12H19N3O. The first-order chi connectivity index (χ1) is 7.79. The maximum Gasteiger partial charge on any atom is 0.129 e. The standard InChI is InChI=1S/C12H19N3O/c1-3-11-10(5-7-16-11)8-14-12-4-6-13-9(2)15-12/h4,6,10-11H,3,5,7-8H2,1-2H3,(H,13,14,15). The molecule has 1 aliphatic heterocycles. The van der Waals surface area contributed by atoms with E-state index in [1.807, 2.05) is 13.0 Å². The summed E-state index contributed by atoms with van der Waals surface area (Å²) in [6.45, 7) is 5.92. The van der Waals surface area contributed by atoms with Gasteiger partial charge >= 0.3 is 0 Å². The number of ether oxygens (including phenoxy) is 1. The number of nitrogens with zero attached hydrogens (tertiary/aromatic N) is 2. The molecular weight excluding hydrogens is 202 g/mol. The number of anilines is 1. The molecule has 0 amide bonds. The van der Waals surface area contributed by atoms with E-state index in [1.54, 1.807) is 6.20 Å². The zero-order chi connectivity index (χ0) is 11.4. The van der Waals surface area contributed by atoms with E-state index in [-0.39, 0.29) is 0 Å². The van der Waals surface area contributed by atoms with Gasteiger partial charge in [0.1, 0.15) is 11.6 Å². The highest BCUT2D eigenvalue weighted by Crippen LogP contribution is 2.23. The Kier molecular flexibility index (Phi) is 3.72. The third-order valence-electron chi connectivity index (χ3n) is 3.07. The number of aryl methyl sites for hydroxylation is 1. The van der Waals surface area contributed by atoms with Gasteiger partial charge in [0, 0.05) is 25.3 Å². The molecule has 0 aromatic carbocycles. The van der Waals surface area contributed by atoms with Gasteiger partial charge in [-0.15, -0.1) is 0 Å². The SMILES string of the molecule is CCC1OCCC1CNc1ccnc(C)n1. The van der Waals surface area contributed by atoms with Crippen LogP contribution in [0.1, 0.15) is 25.6 Å². The molecule has 16 heavy (non-hydrogen) atoms. The molecule has 1 aromatic heterocycles. The van der Waals surface area contributed by atoms with E-state index in [1.165, 1.54) is 0 Å². The molecule has 2 rings (SSSR count). The van der Waals surface area contributed by atoms with Gasteiger partial charge in [-0.2, -0.15) is 0 Å². The average Bonchev–Trinajstić information content (AvgIpc) is 2.74. The first-order valence-corrected chi connectivity index (χ1v) is 5.94. The number of nitrogens with one attached hydrogen (secondary N) is 1. The topological polar surface area (TPSA) is 47.0 Å². The Labute approximate surface area is 96.4 Å². The van der Waals surface area contributed by atoms with Crippen LogP contribution in [-0.2, 0) is 4.74 Å². The Balaban J connectivity index is 1.87. The third-order valence-corrected chi connectivity index (χ3v) is 3.07. The van der Waals surface area contributed by atoms with E-state index < -0.39 is 0 Å². The van der Waals surface area contributed by atoms with Crippen LogP contribution in [0.5, 0.6) is 0 Å². The summed E-state index contributed by atoms with van der Waals surface area (Å²) in [5.41, 5.74) is 0. The van der Waals surface area contributed by atoms with E-state index in [9.17, 15) is 0 Å². The maximum absolute atomic E-state index is 5.65. The van der Waals surface area contributed by atoms with Crippen LogP contribution >= 0.6 is 0 Å². The van der Waals surface area contributed by atoms with Crippen LogP contribution in [0.25, 0.3) is 0 Å². The van der Waals surface area contributed by atoms with Crippen molar-refractivity contribution in [3.05, 3.63) is 18.1 Å². The van der Waals surface area contributed by atoms with Gasteiger partial charge in [0.2, 0.25) is 0 Å². The summed E-state index contributed by atoms with van der Waals surface area (Å²) in [7, 11) is 0. The van der Waals surface area contributed by atoms with Gasteiger partial charge in [0.05, 0.1) is 6.10 Å². The second kappa shape index (κ2) is 5.25. The van der Waals surface area contributed by atoms with E-state index in [0.29, 0.717) is 12.0 Å². The van der Waals surface area contributed by atoms with Gasteiger partial charge in [-0.1, -0.05) is 6.92 Å². The summed E-state index contributed by atoms with van der Waals surface area (Å²) in [5.74, 6) is 2.33. The molecule has 88 valence electrons. The predicted octanol–water partition coefficient (Wildman–Crippen LogP) is 2.01. The fourth-order valence-electron chi connectivity index (χ4n) is 2.17. The second-order valence-corrected chi connectivity index (χ2v) is 4.24.